The van der Waals surface area contributed by atoms with Crippen molar-refractivity contribution in [3.05, 3.63) is 71.3 Å². The molecule has 0 saturated carbocycles. The van der Waals surface area contributed by atoms with Crippen molar-refractivity contribution < 1.29 is 19.5 Å². The molecule has 0 spiro atoms. The highest BCUT2D eigenvalue weighted by Crippen LogP contribution is 2.36. The van der Waals surface area contributed by atoms with E-state index in [1.807, 2.05) is 25.1 Å². The minimum absolute atomic E-state index is 0.139. The monoisotopic (exact) mass is 403 g/mol. The maximum absolute atomic E-state index is 13.0. The van der Waals surface area contributed by atoms with Gasteiger partial charge >= 0.3 is 5.97 Å². The summed E-state index contributed by atoms with van der Waals surface area (Å²) in [5.74, 6) is -1.67. The minimum Gasteiger partial charge on any atom is -0.478 e. The molecule has 0 atom stereocenters. The number of carbonyl (C=O) groups excluding carboxylic acids is 2. The number of anilines is 2. The molecule has 7 nitrogen and oxygen atoms in total. The van der Waals surface area contributed by atoms with Crippen molar-refractivity contribution in [1.82, 2.24) is 9.80 Å². The number of para-hydroxylation sites is 1. The average molecular weight is 403 g/mol. The van der Waals surface area contributed by atoms with E-state index in [1.165, 1.54) is 11.0 Å². The number of nitrogens with zero attached hydrogens (tertiary/aromatic N) is 2. The van der Waals surface area contributed by atoms with Crippen LogP contribution in [0.3, 0.4) is 0 Å². The number of likely N-dealkylation sites (N-methyl/N-ethyl adjacent to an activating group) is 1. The SMILES string of the molecule is CN(C)CCN1C(=O)c2cccc3c(Nc4ccccc4C(=O)O)ccc(c23)C1=O. The van der Waals surface area contributed by atoms with Gasteiger partial charge in [0.25, 0.3) is 11.8 Å². The van der Waals surface area contributed by atoms with Gasteiger partial charge in [0, 0.05) is 40.7 Å². The number of imide groups is 1. The van der Waals surface area contributed by atoms with Gasteiger partial charge in [-0.2, -0.15) is 0 Å². The van der Waals surface area contributed by atoms with Crippen LogP contribution in [0.1, 0.15) is 31.1 Å². The first-order valence-electron chi connectivity index (χ1n) is 9.54. The largest absolute Gasteiger partial charge is 0.478 e. The van der Waals surface area contributed by atoms with Crippen molar-refractivity contribution >= 4 is 39.9 Å². The lowest BCUT2D eigenvalue weighted by Crippen LogP contribution is -2.43. The smallest absolute Gasteiger partial charge is 0.337 e. The third-order valence-electron chi connectivity index (χ3n) is 5.19. The molecule has 0 aliphatic carbocycles. The van der Waals surface area contributed by atoms with E-state index in [0.29, 0.717) is 46.4 Å². The molecule has 4 rings (SSSR count). The number of amides is 2. The highest BCUT2D eigenvalue weighted by Gasteiger charge is 2.33. The van der Waals surface area contributed by atoms with E-state index in [2.05, 4.69) is 5.32 Å². The van der Waals surface area contributed by atoms with Crippen LogP contribution in [0, 0.1) is 0 Å². The standard InChI is InChI=1S/C23H21N3O4/c1-25(2)12-13-26-21(27)16-8-5-7-14-19(11-10-17(20(14)16)22(26)28)24-18-9-4-3-6-15(18)23(29)30/h3-11,24H,12-13H2,1-2H3,(H,29,30). The normalized spacial score (nSPS) is 13.2. The van der Waals surface area contributed by atoms with E-state index < -0.39 is 5.97 Å². The van der Waals surface area contributed by atoms with Crippen LogP contribution < -0.4 is 5.32 Å². The Kier molecular flexibility index (Phi) is 4.97. The fourth-order valence-electron chi connectivity index (χ4n) is 3.68. The van der Waals surface area contributed by atoms with Crippen molar-refractivity contribution in [1.29, 1.82) is 0 Å². The molecular weight excluding hydrogens is 382 g/mol. The summed E-state index contributed by atoms with van der Waals surface area (Å²) < 4.78 is 0. The van der Waals surface area contributed by atoms with Gasteiger partial charge in [-0.25, -0.2) is 4.79 Å². The van der Waals surface area contributed by atoms with E-state index in [1.54, 1.807) is 42.5 Å². The molecule has 0 aromatic heterocycles. The molecule has 152 valence electrons. The third kappa shape index (κ3) is 3.29. The van der Waals surface area contributed by atoms with Gasteiger partial charge < -0.3 is 15.3 Å². The lowest BCUT2D eigenvalue weighted by molar-refractivity contribution is 0.0599. The van der Waals surface area contributed by atoms with Crippen LogP contribution in [0.2, 0.25) is 0 Å². The van der Waals surface area contributed by atoms with E-state index in [0.717, 1.165) is 0 Å². The maximum atomic E-state index is 13.0. The summed E-state index contributed by atoms with van der Waals surface area (Å²) in [5, 5.41) is 13.9. The number of hydrogen-bond acceptors (Lipinski definition) is 5. The lowest BCUT2D eigenvalue weighted by atomic mass is 9.93. The summed E-state index contributed by atoms with van der Waals surface area (Å²) in [5.41, 5.74) is 2.14. The quantitative estimate of drug-likeness (QED) is 0.613. The Bertz CT molecular complexity index is 1160. The number of benzene rings is 3. The summed E-state index contributed by atoms with van der Waals surface area (Å²) in [7, 11) is 3.78. The van der Waals surface area contributed by atoms with Crippen LogP contribution in [0.4, 0.5) is 11.4 Å². The molecule has 1 heterocycles. The Morgan fingerprint density at radius 1 is 0.933 bits per heavy atom. The maximum Gasteiger partial charge on any atom is 0.337 e. The number of carbonyl (C=O) groups is 3. The van der Waals surface area contributed by atoms with E-state index in [9.17, 15) is 19.5 Å². The zero-order valence-corrected chi connectivity index (χ0v) is 16.7. The van der Waals surface area contributed by atoms with Crippen LogP contribution in [-0.2, 0) is 0 Å². The first-order chi connectivity index (χ1) is 14.4. The van der Waals surface area contributed by atoms with Gasteiger partial charge in [-0.1, -0.05) is 24.3 Å². The summed E-state index contributed by atoms with van der Waals surface area (Å²) in [6.45, 7) is 0.890. The van der Waals surface area contributed by atoms with Gasteiger partial charge in [0.1, 0.15) is 0 Å². The fraction of sp³-hybridized carbons (Fsp3) is 0.174. The van der Waals surface area contributed by atoms with Crippen molar-refractivity contribution in [3.63, 3.8) is 0 Å². The minimum atomic E-state index is -1.04. The van der Waals surface area contributed by atoms with Crippen molar-refractivity contribution in [2.24, 2.45) is 0 Å². The number of carboxylic acids is 1. The van der Waals surface area contributed by atoms with Gasteiger partial charge in [-0.15, -0.1) is 0 Å². The predicted octanol–water partition coefficient (Wildman–Crippen LogP) is 3.44. The van der Waals surface area contributed by atoms with Crippen molar-refractivity contribution in [2.75, 3.05) is 32.5 Å². The van der Waals surface area contributed by atoms with Crippen LogP contribution in [0.25, 0.3) is 10.8 Å². The Hall–Kier alpha value is -3.71. The number of rotatable bonds is 6. The molecule has 7 heteroatoms. The molecule has 3 aromatic carbocycles. The van der Waals surface area contributed by atoms with Crippen LogP contribution in [0.5, 0.6) is 0 Å². The Labute approximate surface area is 173 Å². The third-order valence-corrected chi connectivity index (χ3v) is 5.19. The molecule has 0 saturated heterocycles. The number of hydrogen-bond donors (Lipinski definition) is 2. The van der Waals surface area contributed by atoms with Crippen molar-refractivity contribution in [3.8, 4) is 0 Å². The number of nitrogens with one attached hydrogen (secondary N) is 1. The molecule has 3 aromatic rings. The topological polar surface area (TPSA) is 89.9 Å². The van der Waals surface area contributed by atoms with Gasteiger partial charge in [-0.3, -0.25) is 14.5 Å². The zero-order chi connectivity index (χ0) is 21.4. The molecule has 2 N–H and O–H groups in total. The van der Waals surface area contributed by atoms with E-state index >= 15 is 0 Å². The molecule has 0 radical (unpaired) electrons. The average Bonchev–Trinajstić information content (AvgIpc) is 2.72. The second kappa shape index (κ2) is 7.61. The first kappa shape index (κ1) is 19.6. The summed E-state index contributed by atoms with van der Waals surface area (Å²) in [6, 6.07) is 15.4. The number of carboxylic acid groups (broad SMARTS) is 1. The summed E-state index contributed by atoms with van der Waals surface area (Å²) in [6.07, 6.45) is 0. The van der Waals surface area contributed by atoms with Gasteiger partial charge in [0.2, 0.25) is 0 Å². The van der Waals surface area contributed by atoms with E-state index in [4.69, 9.17) is 0 Å². The second-order valence-electron chi connectivity index (χ2n) is 7.43. The fourth-order valence-corrected chi connectivity index (χ4v) is 3.68. The Balaban J connectivity index is 1.80. The van der Waals surface area contributed by atoms with Gasteiger partial charge in [0.15, 0.2) is 0 Å². The molecule has 2 amide bonds. The molecule has 1 aliphatic rings. The van der Waals surface area contributed by atoms with E-state index in [-0.39, 0.29) is 17.4 Å². The van der Waals surface area contributed by atoms with Crippen molar-refractivity contribution in [2.45, 2.75) is 0 Å². The Morgan fingerprint density at radius 2 is 1.63 bits per heavy atom. The zero-order valence-electron chi connectivity index (χ0n) is 16.7. The highest BCUT2D eigenvalue weighted by molar-refractivity contribution is 6.27. The van der Waals surface area contributed by atoms with Crippen LogP contribution in [-0.4, -0.2) is 59.9 Å². The molecular formula is C23H21N3O4. The second-order valence-corrected chi connectivity index (χ2v) is 7.43. The summed E-state index contributed by atoms with van der Waals surface area (Å²) in [4.78, 5) is 40.8. The Morgan fingerprint density at radius 3 is 2.33 bits per heavy atom. The number of aromatic carboxylic acids is 1. The molecule has 30 heavy (non-hydrogen) atoms. The highest BCUT2D eigenvalue weighted by atomic mass is 16.4. The van der Waals surface area contributed by atoms with Crippen LogP contribution >= 0.6 is 0 Å². The molecule has 1 aliphatic heterocycles. The summed E-state index contributed by atoms with van der Waals surface area (Å²) >= 11 is 0. The molecule has 0 bridgehead atoms. The molecule has 0 fully saturated rings. The van der Waals surface area contributed by atoms with Crippen LogP contribution in [0.15, 0.2) is 54.6 Å². The predicted molar refractivity (Wildman–Crippen MR) is 115 cm³/mol. The first-order valence-corrected chi connectivity index (χ1v) is 9.54. The molecule has 0 unspecified atom stereocenters. The van der Waals surface area contributed by atoms with Gasteiger partial charge in [0.05, 0.1) is 11.3 Å². The van der Waals surface area contributed by atoms with Gasteiger partial charge in [-0.05, 0) is 44.4 Å². The lowest BCUT2D eigenvalue weighted by Gasteiger charge is -2.28.